The lowest BCUT2D eigenvalue weighted by Crippen LogP contribution is -2.33. The Balaban J connectivity index is 1.74. The van der Waals surface area contributed by atoms with Gasteiger partial charge in [-0.15, -0.1) is 0 Å². The first-order valence-corrected chi connectivity index (χ1v) is 12.9. The molecule has 0 atom stereocenters. The second kappa shape index (κ2) is 7.74. The molecule has 2 aliphatic carbocycles. The van der Waals surface area contributed by atoms with Crippen LogP contribution in [0.4, 0.5) is 0 Å². The van der Waals surface area contributed by atoms with Crippen LogP contribution in [0.3, 0.4) is 0 Å². The summed E-state index contributed by atoms with van der Waals surface area (Å²) >= 11 is 0. The lowest BCUT2D eigenvalue weighted by molar-refractivity contribution is 0.551. The van der Waals surface area contributed by atoms with Gasteiger partial charge in [0, 0.05) is 22.9 Å². The molecule has 0 heterocycles. The fourth-order valence-corrected chi connectivity index (χ4v) is 7.43. The number of hydrogen-bond donors (Lipinski definition) is 2. The van der Waals surface area contributed by atoms with Crippen molar-refractivity contribution in [3.63, 3.8) is 0 Å². The average molecular weight is 423 g/mol. The highest BCUT2D eigenvalue weighted by Gasteiger charge is 2.27. The van der Waals surface area contributed by atoms with Crippen LogP contribution in [0.1, 0.15) is 51.4 Å². The van der Waals surface area contributed by atoms with Crippen LogP contribution in [-0.4, -0.2) is 28.9 Å². The van der Waals surface area contributed by atoms with Crippen LogP contribution in [-0.2, 0) is 20.0 Å². The van der Waals surface area contributed by atoms with Gasteiger partial charge < -0.3 is 0 Å². The van der Waals surface area contributed by atoms with Crippen molar-refractivity contribution in [2.45, 2.75) is 73.2 Å². The first-order valence-electron chi connectivity index (χ1n) is 9.93. The molecular formula is C20H26N2O4S2. The van der Waals surface area contributed by atoms with E-state index in [0.29, 0.717) is 10.8 Å². The third kappa shape index (κ3) is 3.96. The summed E-state index contributed by atoms with van der Waals surface area (Å²) in [7, 11) is -7.44. The molecular weight excluding hydrogens is 396 g/mol. The number of nitrogens with one attached hydrogen (secondary N) is 2. The van der Waals surface area contributed by atoms with Crippen molar-refractivity contribution in [1.29, 1.82) is 0 Å². The zero-order valence-electron chi connectivity index (χ0n) is 15.7. The van der Waals surface area contributed by atoms with E-state index in [2.05, 4.69) is 9.44 Å². The minimum atomic E-state index is -3.72. The van der Waals surface area contributed by atoms with Gasteiger partial charge in [-0.25, -0.2) is 26.3 Å². The van der Waals surface area contributed by atoms with Crippen molar-refractivity contribution < 1.29 is 16.8 Å². The van der Waals surface area contributed by atoms with Crippen molar-refractivity contribution in [3.05, 3.63) is 36.4 Å². The van der Waals surface area contributed by atoms with Crippen LogP contribution in [0.5, 0.6) is 0 Å². The van der Waals surface area contributed by atoms with Gasteiger partial charge in [-0.1, -0.05) is 49.9 Å². The van der Waals surface area contributed by atoms with Gasteiger partial charge in [-0.3, -0.25) is 0 Å². The normalized spacial score (nSPS) is 19.6. The van der Waals surface area contributed by atoms with E-state index >= 15 is 0 Å². The van der Waals surface area contributed by atoms with Gasteiger partial charge in [0.2, 0.25) is 20.0 Å². The summed E-state index contributed by atoms with van der Waals surface area (Å²) in [5, 5.41) is 0.865. The van der Waals surface area contributed by atoms with Crippen LogP contribution in [0.25, 0.3) is 10.8 Å². The van der Waals surface area contributed by atoms with Crippen LogP contribution in [0.15, 0.2) is 46.2 Å². The maximum absolute atomic E-state index is 13.0. The number of benzene rings is 2. The quantitative estimate of drug-likeness (QED) is 0.747. The zero-order valence-corrected chi connectivity index (χ0v) is 17.4. The van der Waals surface area contributed by atoms with Crippen molar-refractivity contribution in [3.8, 4) is 0 Å². The highest BCUT2D eigenvalue weighted by Crippen LogP contribution is 2.30. The maximum atomic E-state index is 13.0. The Morgan fingerprint density at radius 1 is 0.607 bits per heavy atom. The first-order chi connectivity index (χ1) is 13.4. The van der Waals surface area contributed by atoms with E-state index in [0.717, 1.165) is 51.4 Å². The van der Waals surface area contributed by atoms with Gasteiger partial charge in [0.15, 0.2) is 0 Å². The van der Waals surface area contributed by atoms with Crippen LogP contribution >= 0.6 is 0 Å². The lowest BCUT2D eigenvalue weighted by Gasteiger charge is -2.17. The van der Waals surface area contributed by atoms with E-state index in [1.807, 2.05) is 0 Å². The van der Waals surface area contributed by atoms with Crippen LogP contribution in [0.2, 0.25) is 0 Å². The van der Waals surface area contributed by atoms with Crippen molar-refractivity contribution in [2.75, 3.05) is 0 Å². The largest absolute Gasteiger partial charge is 0.241 e. The van der Waals surface area contributed by atoms with E-state index < -0.39 is 20.0 Å². The summed E-state index contributed by atoms with van der Waals surface area (Å²) < 4.78 is 57.4. The number of sulfonamides is 2. The number of fused-ring (bicyclic) bond motifs is 1. The molecule has 0 spiro atoms. The molecule has 28 heavy (non-hydrogen) atoms. The molecule has 0 radical (unpaired) electrons. The predicted molar refractivity (Wildman–Crippen MR) is 109 cm³/mol. The zero-order chi connectivity index (χ0) is 19.8. The van der Waals surface area contributed by atoms with Crippen LogP contribution < -0.4 is 9.44 Å². The summed E-state index contributed by atoms with van der Waals surface area (Å²) in [5.74, 6) is 0. The van der Waals surface area contributed by atoms with Gasteiger partial charge in [-0.2, -0.15) is 0 Å². The Morgan fingerprint density at radius 2 is 0.964 bits per heavy atom. The molecule has 2 saturated carbocycles. The highest BCUT2D eigenvalue weighted by atomic mass is 32.2. The Hall–Kier alpha value is -1.48. The Bertz CT molecular complexity index is 981. The second-order valence-corrected chi connectivity index (χ2v) is 11.2. The molecule has 2 aromatic carbocycles. The third-order valence-corrected chi connectivity index (χ3v) is 8.93. The fraction of sp³-hybridized carbons (Fsp3) is 0.500. The molecule has 4 rings (SSSR count). The molecule has 0 unspecified atom stereocenters. The minimum Gasteiger partial charge on any atom is -0.208 e. The van der Waals surface area contributed by atoms with E-state index in [4.69, 9.17) is 0 Å². The lowest BCUT2D eigenvalue weighted by atomic mass is 10.1. The van der Waals surface area contributed by atoms with Gasteiger partial charge in [0.05, 0.1) is 9.79 Å². The molecule has 8 heteroatoms. The number of hydrogen-bond acceptors (Lipinski definition) is 4. The van der Waals surface area contributed by atoms with Crippen LogP contribution in [0, 0.1) is 0 Å². The molecule has 0 aromatic heterocycles. The summed E-state index contributed by atoms with van der Waals surface area (Å²) in [4.78, 5) is 0.268. The number of rotatable bonds is 6. The SMILES string of the molecule is O=S(=O)(NC1CCCC1)c1cccc2c(S(=O)(=O)NC3CCCC3)cccc12. The second-order valence-electron chi connectivity index (χ2n) is 7.81. The van der Waals surface area contributed by atoms with Crippen molar-refractivity contribution in [1.82, 2.24) is 9.44 Å². The Labute approximate surface area is 166 Å². The van der Waals surface area contributed by atoms with Crippen molar-refractivity contribution in [2.24, 2.45) is 0 Å². The van der Waals surface area contributed by atoms with Gasteiger partial charge >= 0.3 is 0 Å². The highest BCUT2D eigenvalue weighted by molar-refractivity contribution is 7.90. The summed E-state index contributed by atoms with van der Waals surface area (Å²) in [6.45, 7) is 0. The fourth-order valence-electron chi connectivity index (χ4n) is 4.37. The summed E-state index contributed by atoms with van der Waals surface area (Å²) in [6, 6.07) is 9.56. The molecule has 152 valence electrons. The molecule has 2 fully saturated rings. The average Bonchev–Trinajstić information content (AvgIpc) is 3.34. The van der Waals surface area contributed by atoms with Gasteiger partial charge in [-0.05, 0) is 37.8 Å². The topological polar surface area (TPSA) is 92.3 Å². The van der Waals surface area contributed by atoms with Gasteiger partial charge in [0.25, 0.3) is 0 Å². The summed E-state index contributed by atoms with van der Waals surface area (Å²) in [5.41, 5.74) is 0. The molecule has 0 aliphatic heterocycles. The Morgan fingerprint density at radius 3 is 1.32 bits per heavy atom. The molecule has 2 N–H and O–H groups in total. The van der Waals surface area contributed by atoms with E-state index in [1.165, 1.54) is 0 Å². The summed E-state index contributed by atoms with van der Waals surface area (Å²) in [6.07, 6.45) is 7.47. The van der Waals surface area contributed by atoms with E-state index in [-0.39, 0.29) is 21.9 Å². The molecule has 2 aliphatic rings. The van der Waals surface area contributed by atoms with Gasteiger partial charge in [0.1, 0.15) is 0 Å². The maximum Gasteiger partial charge on any atom is 0.241 e. The predicted octanol–water partition coefficient (Wildman–Crippen LogP) is 3.28. The molecule has 2 aromatic rings. The molecule has 6 nitrogen and oxygen atoms in total. The van der Waals surface area contributed by atoms with Crippen molar-refractivity contribution >= 4 is 30.8 Å². The monoisotopic (exact) mass is 422 g/mol. The molecule has 0 bridgehead atoms. The standard InChI is InChI=1S/C20H26N2O4S2/c23-27(24,21-15-7-1-2-8-15)19-13-5-12-18-17(19)11-6-14-20(18)28(25,26)22-16-9-3-4-10-16/h5-6,11-16,21-22H,1-4,7-10H2. The van der Waals surface area contributed by atoms with E-state index in [9.17, 15) is 16.8 Å². The molecule has 0 amide bonds. The molecule has 0 saturated heterocycles. The first kappa shape index (κ1) is 19.8. The third-order valence-electron chi connectivity index (χ3n) is 5.78. The smallest absolute Gasteiger partial charge is 0.208 e. The Kier molecular flexibility index (Phi) is 5.48. The van der Waals surface area contributed by atoms with E-state index in [1.54, 1.807) is 36.4 Å². The minimum absolute atomic E-state index is 0.0452.